The van der Waals surface area contributed by atoms with Crippen LogP contribution in [0.4, 0.5) is 5.82 Å². The molecule has 1 saturated heterocycles. The lowest BCUT2D eigenvalue weighted by Crippen LogP contribution is -2.46. The average molecular weight is 956 g/mol. The molecule has 1 fully saturated rings. The van der Waals surface area contributed by atoms with Crippen molar-refractivity contribution in [2.24, 2.45) is 5.41 Å². The molecule has 338 valence electrons. The van der Waals surface area contributed by atoms with Crippen LogP contribution in [0.3, 0.4) is 0 Å². The van der Waals surface area contributed by atoms with Crippen molar-refractivity contribution in [2.45, 2.75) is 63.8 Å². The summed E-state index contributed by atoms with van der Waals surface area (Å²) < 4.78 is 61.1. The monoisotopic (exact) mass is 955 g/mol. The largest absolute Gasteiger partial charge is 0.790 e. The number of rotatable bonds is 23. The SMILES string of the molecule is CC(C)(COP(=O)([O-])OP(=O)([O-])OCC1OC(C)(n2cnc3c(N)ncnc32)C(O)C1OP(=O)([O-])[O-])C(O)C(=O)NCCC(=O)NCCSC(=O)C=CCC(=O)c1cccs1. The van der Waals surface area contributed by atoms with Gasteiger partial charge in [0.05, 0.1) is 32.2 Å². The molecule has 3 aromatic heterocycles. The molecule has 6 N–H and O–H groups in total. The number of phosphoric ester groups is 3. The number of nitrogens with zero attached hydrogens (tertiary/aromatic N) is 4. The number of hydrogen-bond donors (Lipinski definition) is 5. The average Bonchev–Trinajstić information content (AvgIpc) is 3.92. The second-order valence-electron chi connectivity index (χ2n) is 13.7. The van der Waals surface area contributed by atoms with Crippen LogP contribution in [0.1, 0.15) is 43.3 Å². The fourth-order valence-corrected chi connectivity index (χ4v) is 9.42. The van der Waals surface area contributed by atoms with E-state index in [0.29, 0.717) is 4.88 Å². The highest BCUT2D eigenvalue weighted by Crippen LogP contribution is 2.56. The minimum atomic E-state index is -5.95. The predicted molar refractivity (Wildman–Crippen MR) is 205 cm³/mol. The fraction of sp³-hybridized carbons (Fsp3) is 0.516. The van der Waals surface area contributed by atoms with Crippen LogP contribution in [-0.4, -0.2) is 109 Å². The van der Waals surface area contributed by atoms with Gasteiger partial charge in [-0.2, -0.15) is 0 Å². The van der Waals surface area contributed by atoms with Crippen molar-refractivity contribution in [2.75, 3.05) is 37.8 Å². The number of amides is 2. The van der Waals surface area contributed by atoms with E-state index < -0.39 is 84.1 Å². The number of allylic oxidation sites excluding steroid dienone is 1. The summed E-state index contributed by atoms with van der Waals surface area (Å²) >= 11 is 2.21. The number of aliphatic hydroxyl groups is 2. The molecule has 0 aromatic carbocycles. The molecule has 0 radical (unpaired) electrons. The van der Waals surface area contributed by atoms with Gasteiger partial charge < -0.3 is 69.0 Å². The van der Waals surface area contributed by atoms with E-state index >= 15 is 0 Å². The van der Waals surface area contributed by atoms with Crippen LogP contribution in [0.5, 0.6) is 0 Å². The third-order valence-corrected chi connectivity index (χ3v) is 13.3. The number of ether oxygens (including phenoxy) is 1. The summed E-state index contributed by atoms with van der Waals surface area (Å²) in [6.07, 6.45) is -3.41. The summed E-state index contributed by atoms with van der Waals surface area (Å²) in [4.78, 5) is 109. The first-order valence-electron chi connectivity index (χ1n) is 17.6. The van der Waals surface area contributed by atoms with Crippen molar-refractivity contribution < 1.29 is 85.3 Å². The number of ketones is 1. The molecule has 7 atom stereocenters. The van der Waals surface area contributed by atoms with E-state index in [1.54, 1.807) is 17.5 Å². The molecule has 1 aliphatic heterocycles. The molecular weight excluding hydrogens is 915 g/mol. The summed E-state index contributed by atoms with van der Waals surface area (Å²) in [5, 5.41) is 27.9. The van der Waals surface area contributed by atoms with Crippen LogP contribution < -0.4 is 35.9 Å². The number of nitrogen functional groups attached to an aromatic ring is 1. The van der Waals surface area contributed by atoms with Gasteiger partial charge in [0.25, 0.3) is 15.6 Å². The Bertz CT molecular complexity index is 2220. The van der Waals surface area contributed by atoms with Crippen LogP contribution in [0.2, 0.25) is 0 Å². The van der Waals surface area contributed by atoms with E-state index in [9.17, 15) is 62.7 Å². The smallest absolute Gasteiger partial charge is 0.274 e. The van der Waals surface area contributed by atoms with Crippen LogP contribution in [0.25, 0.3) is 11.2 Å². The molecule has 1 aliphatic rings. The van der Waals surface area contributed by atoms with Gasteiger partial charge in [0, 0.05) is 37.1 Å². The Labute approximate surface area is 354 Å². The number of aromatic nitrogens is 4. The van der Waals surface area contributed by atoms with Gasteiger partial charge in [0.1, 0.15) is 36.3 Å². The normalized spacial score (nSPS) is 22.1. The molecule has 0 spiro atoms. The second kappa shape index (κ2) is 20.9. The quantitative estimate of drug-likeness (QED) is 0.0303. The zero-order valence-corrected chi connectivity index (χ0v) is 36.6. The molecule has 4 rings (SSSR count). The van der Waals surface area contributed by atoms with Crippen LogP contribution in [0, 0.1) is 5.41 Å². The van der Waals surface area contributed by atoms with Gasteiger partial charge in [-0.3, -0.25) is 32.9 Å². The number of imidazole rings is 1. The highest BCUT2D eigenvalue weighted by molar-refractivity contribution is 8.14. The summed E-state index contributed by atoms with van der Waals surface area (Å²) in [5.74, 6) is -1.54. The summed E-state index contributed by atoms with van der Waals surface area (Å²) in [6, 6.07) is 3.43. The number of fused-ring (bicyclic) bond motifs is 1. The summed E-state index contributed by atoms with van der Waals surface area (Å²) in [6.45, 7) is 1.06. The van der Waals surface area contributed by atoms with E-state index in [1.807, 2.05) is 0 Å². The number of nitrogens with two attached hydrogens (primary N) is 1. The van der Waals surface area contributed by atoms with Gasteiger partial charge in [0.2, 0.25) is 16.9 Å². The highest BCUT2D eigenvalue weighted by atomic mass is 32.2. The van der Waals surface area contributed by atoms with Gasteiger partial charge in [0.15, 0.2) is 23.0 Å². The van der Waals surface area contributed by atoms with E-state index in [-0.39, 0.29) is 59.6 Å². The van der Waals surface area contributed by atoms with Crippen LogP contribution in [-0.2, 0) is 56.4 Å². The summed E-state index contributed by atoms with van der Waals surface area (Å²) in [5.41, 5.74) is 1.97. The lowest BCUT2D eigenvalue weighted by Gasteiger charge is -2.36. The molecule has 4 heterocycles. The van der Waals surface area contributed by atoms with Crippen molar-refractivity contribution in [3.8, 4) is 0 Å². The van der Waals surface area contributed by atoms with Crippen LogP contribution >= 0.6 is 46.6 Å². The molecule has 25 nitrogen and oxygen atoms in total. The minimum absolute atomic E-state index is 0.0279. The summed E-state index contributed by atoms with van der Waals surface area (Å²) in [7, 11) is -17.7. The maximum absolute atomic E-state index is 12.6. The molecule has 30 heteroatoms. The maximum Gasteiger partial charge on any atom is 0.274 e. The molecule has 0 saturated carbocycles. The standard InChI is InChI=1S/C31H44N7O18P3S2/c1-30(2,26(43)29(44)34-10-9-21(40)33-11-13-61-22(41)8-4-6-18(39)20-7-5-12-60-20)15-53-59(50,51)56-58(48,49)52-14-19-24(55-57(45,46)47)25(42)31(3,54-19)38-17-37-23-27(32)35-16-36-28(23)38/h4-5,7-8,12,16-17,19,24-26,42-43H,6,9-11,13-15H2,1-3H3,(H,33,40)(H,34,44)(H,48,49)(H,50,51)(H2,32,35,36)(H2,45,46,47)/p-4. The van der Waals surface area contributed by atoms with Gasteiger partial charge >= 0.3 is 0 Å². The van der Waals surface area contributed by atoms with E-state index in [0.717, 1.165) is 29.0 Å². The fourth-order valence-electron chi connectivity index (χ4n) is 5.42. The molecule has 2 amide bonds. The van der Waals surface area contributed by atoms with Crippen molar-refractivity contribution in [3.05, 3.63) is 47.2 Å². The zero-order chi connectivity index (χ0) is 45.4. The molecule has 0 aliphatic carbocycles. The molecule has 3 aromatic rings. The molecular formula is C31H40N7O18P3S2-4. The first kappa shape index (κ1) is 50.3. The Balaban J connectivity index is 1.21. The lowest BCUT2D eigenvalue weighted by atomic mass is 9.87. The molecule has 0 bridgehead atoms. The zero-order valence-electron chi connectivity index (χ0n) is 32.3. The van der Waals surface area contributed by atoms with Crippen molar-refractivity contribution in [3.63, 3.8) is 0 Å². The number of anilines is 1. The molecule has 7 unspecified atom stereocenters. The number of thiophene rings is 1. The van der Waals surface area contributed by atoms with Gasteiger partial charge in [-0.25, -0.2) is 19.3 Å². The topological polar surface area (TPSA) is 392 Å². The Kier molecular flexibility index (Phi) is 17.2. The number of thioether (sulfide) groups is 1. The number of carbonyl (C=O) groups excluding carboxylic acids is 4. The number of carbonyl (C=O) groups is 4. The number of aliphatic hydroxyl groups excluding tert-OH is 2. The first-order valence-corrected chi connectivity index (χ1v) is 23.8. The van der Waals surface area contributed by atoms with Gasteiger partial charge in [-0.15, -0.1) is 11.3 Å². The van der Waals surface area contributed by atoms with Crippen molar-refractivity contribution in [1.29, 1.82) is 0 Å². The number of hydrogen-bond acceptors (Lipinski definition) is 24. The first-order chi connectivity index (χ1) is 28.3. The predicted octanol–water partition coefficient (Wildman–Crippen LogP) is -1.80. The minimum Gasteiger partial charge on any atom is -0.790 e. The Morgan fingerprint density at radius 1 is 1.11 bits per heavy atom. The Hall–Kier alpha value is -3.33. The Morgan fingerprint density at radius 3 is 2.49 bits per heavy atom. The maximum atomic E-state index is 12.6. The lowest BCUT2D eigenvalue weighted by molar-refractivity contribution is -0.347. The third-order valence-electron chi connectivity index (χ3n) is 8.56. The third kappa shape index (κ3) is 14.3. The molecule has 61 heavy (non-hydrogen) atoms. The highest BCUT2D eigenvalue weighted by Gasteiger charge is 2.55. The number of phosphoric acid groups is 3. The van der Waals surface area contributed by atoms with E-state index in [2.05, 4.69) is 43.5 Å². The second-order valence-corrected chi connectivity index (χ2v) is 19.8. The van der Waals surface area contributed by atoms with E-state index in [1.165, 1.54) is 44.3 Å². The van der Waals surface area contributed by atoms with E-state index in [4.69, 9.17) is 10.5 Å². The Morgan fingerprint density at radius 2 is 1.82 bits per heavy atom. The van der Waals surface area contributed by atoms with Gasteiger partial charge in [-0.05, 0) is 24.4 Å². The number of nitrogens with one attached hydrogen (secondary N) is 2. The number of Topliss-reactive ketones (excluding diaryl/α,β-unsaturated/α-hetero) is 1. The van der Waals surface area contributed by atoms with Crippen LogP contribution in [0.15, 0.2) is 42.3 Å². The van der Waals surface area contributed by atoms with Crippen molar-refractivity contribution >= 4 is 86.3 Å². The van der Waals surface area contributed by atoms with Crippen molar-refractivity contribution in [1.82, 2.24) is 30.2 Å². The van der Waals surface area contributed by atoms with Gasteiger partial charge in [-0.1, -0.05) is 37.8 Å².